The van der Waals surface area contributed by atoms with Gasteiger partial charge in [0, 0.05) is 30.6 Å². The van der Waals surface area contributed by atoms with Crippen LogP contribution in [0.5, 0.6) is 0 Å². The third-order valence-electron chi connectivity index (χ3n) is 5.64. The van der Waals surface area contributed by atoms with E-state index in [1.807, 2.05) is 0 Å². The van der Waals surface area contributed by atoms with E-state index in [0.717, 1.165) is 31.0 Å². The number of sulfonamides is 1. The number of halogens is 2. The second-order valence-corrected chi connectivity index (χ2v) is 9.69. The predicted molar refractivity (Wildman–Crippen MR) is 109 cm³/mol. The molecule has 2 fully saturated rings. The molecule has 0 bridgehead atoms. The van der Waals surface area contributed by atoms with Crippen LogP contribution in [0.3, 0.4) is 0 Å². The number of ketones is 1. The maximum atomic E-state index is 13.9. The normalized spacial score (nSPS) is 17.5. The van der Waals surface area contributed by atoms with E-state index in [1.165, 1.54) is 18.2 Å². The van der Waals surface area contributed by atoms with Crippen LogP contribution in [0.25, 0.3) is 0 Å². The number of benzene rings is 2. The average Bonchev–Trinajstić information content (AvgIpc) is 3.58. The van der Waals surface area contributed by atoms with Crippen molar-refractivity contribution < 1.29 is 26.8 Å². The van der Waals surface area contributed by atoms with Crippen molar-refractivity contribution in [1.82, 2.24) is 9.62 Å². The lowest BCUT2D eigenvalue weighted by Crippen LogP contribution is -2.40. The largest absolute Gasteiger partial charge is 0.339 e. The topological polar surface area (TPSA) is 83.6 Å². The molecular formula is C22H22F2N2O4S. The maximum Gasteiger partial charge on any atom is 0.253 e. The molecule has 1 N–H and O–H groups in total. The van der Waals surface area contributed by atoms with Crippen molar-refractivity contribution in [3.8, 4) is 0 Å². The Morgan fingerprint density at radius 2 is 1.68 bits per heavy atom. The summed E-state index contributed by atoms with van der Waals surface area (Å²) < 4.78 is 54.7. The van der Waals surface area contributed by atoms with E-state index in [9.17, 15) is 26.8 Å². The van der Waals surface area contributed by atoms with Crippen LogP contribution in [-0.2, 0) is 10.0 Å². The monoisotopic (exact) mass is 448 g/mol. The number of rotatable bonds is 6. The third-order valence-corrected chi connectivity index (χ3v) is 7.16. The smallest absolute Gasteiger partial charge is 0.253 e. The molecule has 2 aromatic carbocycles. The Morgan fingerprint density at radius 1 is 0.968 bits per heavy atom. The van der Waals surface area contributed by atoms with E-state index in [-0.39, 0.29) is 41.1 Å². The van der Waals surface area contributed by atoms with Gasteiger partial charge in [0.05, 0.1) is 10.5 Å². The molecule has 1 saturated heterocycles. The van der Waals surface area contributed by atoms with Crippen LogP contribution >= 0.6 is 0 Å². The van der Waals surface area contributed by atoms with Gasteiger partial charge >= 0.3 is 0 Å². The maximum absolute atomic E-state index is 13.9. The molecule has 1 saturated carbocycles. The number of hydrogen-bond acceptors (Lipinski definition) is 4. The quantitative estimate of drug-likeness (QED) is 0.689. The summed E-state index contributed by atoms with van der Waals surface area (Å²) in [5.74, 6) is -2.74. The Morgan fingerprint density at radius 3 is 2.35 bits per heavy atom. The van der Waals surface area contributed by atoms with Crippen LogP contribution in [0, 0.1) is 17.6 Å². The average molecular weight is 448 g/mol. The number of carbonyl (C=O) groups is 2. The molecule has 1 heterocycles. The Hall–Kier alpha value is -2.65. The summed E-state index contributed by atoms with van der Waals surface area (Å²) in [6.07, 6.45) is 2.26. The van der Waals surface area contributed by atoms with Crippen LogP contribution in [0.1, 0.15) is 46.4 Å². The highest BCUT2D eigenvalue weighted by Gasteiger charge is 2.31. The number of Topliss-reactive ketones (excluding diaryl/α,β-unsaturated/α-hetero) is 1. The Bertz CT molecular complexity index is 1120. The van der Waals surface area contributed by atoms with Crippen molar-refractivity contribution in [2.75, 3.05) is 13.1 Å². The first-order valence-corrected chi connectivity index (χ1v) is 11.6. The highest BCUT2D eigenvalue weighted by molar-refractivity contribution is 7.89. The molecule has 31 heavy (non-hydrogen) atoms. The SMILES string of the molecule is O=C(c1cc(F)ccc1F)C1CCN(C(=O)c2cccc(S(=O)(=O)NC3CC3)c2)CC1. The molecule has 1 aliphatic carbocycles. The van der Waals surface area contributed by atoms with Crippen molar-refractivity contribution in [2.24, 2.45) is 5.92 Å². The standard InChI is InChI=1S/C22H22F2N2O4S/c23-16-4-7-20(24)19(13-16)21(27)14-8-10-26(11-9-14)22(28)15-2-1-3-18(12-15)31(29,30)25-17-5-6-17/h1-4,7,12-14,17,25H,5-6,8-11H2. The van der Waals surface area contributed by atoms with Crippen molar-refractivity contribution in [1.29, 1.82) is 0 Å². The Kier molecular flexibility index (Phi) is 5.90. The first-order valence-electron chi connectivity index (χ1n) is 10.2. The Labute approximate surface area is 179 Å². The zero-order valence-corrected chi connectivity index (χ0v) is 17.5. The van der Waals surface area contributed by atoms with Gasteiger partial charge in [0.1, 0.15) is 11.6 Å². The second kappa shape index (κ2) is 8.47. The number of carbonyl (C=O) groups excluding carboxylic acids is 2. The van der Waals surface area contributed by atoms with E-state index < -0.39 is 33.4 Å². The molecule has 2 aromatic rings. The van der Waals surface area contributed by atoms with Crippen LogP contribution in [0.4, 0.5) is 8.78 Å². The molecule has 9 heteroatoms. The summed E-state index contributed by atoms with van der Waals surface area (Å²) in [7, 11) is -3.67. The highest BCUT2D eigenvalue weighted by Crippen LogP contribution is 2.26. The lowest BCUT2D eigenvalue weighted by molar-refractivity contribution is 0.0649. The highest BCUT2D eigenvalue weighted by atomic mass is 32.2. The molecular weight excluding hydrogens is 426 g/mol. The zero-order chi connectivity index (χ0) is 22.2. The summed E-state index contributed by atoms with van der Waals surface area (Å²) in [4.78, 5) is 27.0. The summed E-state index contributed by atoms with van der Waals surface area (Å²) in [5.41, 5.74) is -0.0227. The minimum Gasteiger partial charge on any atom is -0.339 e. The molecule has 0 radical (unpaired) electrons. The third kappa shape index (κ3) is 4.83. The molecule has 0 aromatic heterocycles. The van der Waals surface area contributed by atoms with Crippen LogP contribution in [0.2, 0.25) is 0 Å². The number of likely N-dealkylation sites (tertiary alicyclic amines) is 1. The lowest BCUT2D eigenvalue weighted by atomic mass is 9.88. The van der Waals surface area contributed by atoms with Gasteiger partial charge in [-0.2, -0.15) is 0 Å². The van der Waals surface area contributed by atoms with Crippen molar-refractivity contribution >= 4 is 21.7 Å². The molecule has 0 unspecified atom stereocenters. The molecule has 6 nitrogen and oxygen atoms in total. The molecule has 1 amide bonds. The number of nitrogens with one attached hydrogen (secondary N) is 1. The van der Waals surface area contributed by atoms with E-state index in [1.54, 1.807) is 11.0 Å². The summed E-state index contributed by atoms with van der Waals surface area (Å²) in [6, 6.07) is 8.63. The molecule has 1 aliphatic heterocycles. The number of piperidine rings is 1. The van der Waals surface area contributed by atoms with Gasteiger partial charge < -0.3 is 4.90 Å². The van der Waals surface area contributed by atoms with Gasteiger partial charge in [0.2, 0.25) is 10.0 Å². The minimum absolute atomic E-state index is 0.0381. The predicted octanol–water partition coefficient (Wildman–Crippen LogP) is 3.14. The number of hydrogen-bond donors (Lipinski definition) is 1. The number of nitrogens with zero attached hydrogens (tertiary/aromatic N) is 1. The molecule has 2 aliphatic rings. The van der Waals surface area contributed by atoms with Crippen LogP contribution < -0.4 is 4.72 Å². The lowest BCUT2D eigenvalue weighted by Gasteiger charge is -2.31. The van der Waals surface area contributed by atoms with E-state index >= 15 is 0 Å². The summed E-state index contributed by atoms with van der Waals surface area (Å²) in [6.45, 7) is 0.535. The fraction of sp³-hybridized carbons (Fsp3) is 0.364. The van der Waals surface area contributed by atoms with Gasteiger partial charge in [-0.25, -0.2) is 21.9 Å². The van der Waals surface area contributed by atoms with Crippen molar-refractivity contribution in [2.45, 2.75) is 36.6 Å². The van der Waals surface area contributed by atoms with E-state index in [2.05, 4.69) is 4.72 Å². The van der Waals surface area contributed by atoms with Crippen molar-refractivity contribution in [3.63, 3.8) is 0 Å². The molecule has 4 rings (SSSR count). The van der Waals surface area contributed by atoms with E-state index in [0.29, 0.717) is 12.8 Å². The van der Waals surface area contributed by atoms with Gasteiger partial charge in [0.25, 0.3) is 5.91 Å². The van der Waals surface area contributed by atoms with Crippen molar-refractivity contribution in [3.05, 3.63) is 65.2 Å². The summed E-state index contributed by atoms with van der Waals surface area (Å²) in [5, 5.41) is 0. The van der Waals surface area contributed by atoms with E-state index in [4.69, 9.17) is 0 Å². The fourth-order valence-electron chi connectivity index (χ4n) is 3.72. The minimum atomic E-state index is -3.67. The molecule has 0 atom stereocenters. The van der Waals surface area contributed by atoms with Gasteiger partial charge in [-0.3, -0.25) is 9.59 Å². The van der Waals surface area contributed by atoms with Crippen LogP contribution in [-0.4, -0.2) is 44.1 Å². The van der Waals surface area contributed by atoms with Gasteiger partial charge in [0.15, 0.2) is 5.78 Å². The molecule has 0 spiro atoms. The second-order valence-electron chi connectivity index (χ2n) is 7.98. The Balaban J connectivity index is 1.42. The van der Waals surface area contributed by atoms with Gasteiger partial charge in [-0.1, -0.05) is 6.07 Å². The van der Waals surface area contributed by atoms with Gasteiger partial charge in [-0.15, -0.1) is 0 Å². The first-order chi connectivity index (χ1) is 14.7. The molecule has 164 valence electrons. The van der Waals surface area contributed by atoms with Gasteiger partial charge in [-0.05, 0) is 62.1 Å². The zero-order valence-electron chi connectivity index (χ0n) is 16.7. The number of amides is 1. The fourth-order valence-corrected chi connectivity index (χ4v) is 5.07. The van der Waals surface area contributed by atoms with Crippen LogP contribution in [0.15, 0.2) is 47.4 Å². The first kappa shape index (κ1) is 21.6. The summed E-state index contributed by atoms with van der Waals surface area (Å²) >= 11 is 0.